The highest BCUT2D eigenvalue weighted by Gasteiger charge is 2.37. The van der Waals surface area contributed by atoms with Crippen molar-refractivity contribution >= 4 is 5.91 Å². The molecule has 19 heavy (non-hydrogen) atoms. The Morgan fingerprint density at radius 2 is 1.63 bits per heavy atom. The van der Waals surface area contributed by atoms with Gasteiger partial charge in [0.05, 0.1) is 0 Å². The number of nitrogens with zero attached hydrogens (tertiary/aromatic N) is 1. The molecule has 1 saturated heterocycles. The second kappa shape index (κ2) is 6.25. The molecule has 0 aromatic carbocycles. The van der Waals surface area contributed by atoms with Gasteiger partial charge in [-0.3, -0.25) is 4.79 Å². The van der Waals surface area contributed by atoms with Gasteiger partial charge < -0.3 is 10.6 Å². The van der Waals surface area contributed by atoms with E-state index in [1.807, 2.05) is 0 Å². The lowest BCUT2D eigenvalue weighted by Gasteiger charge is -2.43. The molecule has 2 fully saturated rings. The lowest BCUT2D eigenvalue weighted by atomic mass is 9.79. The first kappa shape index (κ1) is 14.8. The van der Waals surface area contributed by atoms with Crippen LogP contribution in [0.4, 0.5) is 0 Å². The number of amides is 1. The van der Waals surface area contributed by atoms with E-state index in [0.717, 1.165) is 32.4 Å². The number of hydrogen-bond donors (Lipinski definition) is 1. The third kappa shape index (κ3) is 3.71. The Labute approximate surface area is 117 Å². The van der Waals surface area contributed by atoms with Crippen molar-refractivity contribution in [1.82, 2.24) is 4.90 Å². The van der Waals surface area contributed by atoms with E-state index in [0.29, 0.717) is 5.91 Å². The van der Waals surface area contributed by atoms with Gasteiger partial charge in [-0.05, 0) is 24.7 Å². The molecule has 0 spiro atoms. The summed E-state index contributed by atoms with van der Waals surface area (Å²) in [6.45, 7) is 6.08. The molecule has 1 saturated carbocycles. The molecule has 0 aromatic heterocycles. The topological polar surface area (TPSA) is 46.3 Å². The van der Waals surface area contributed by atoms with Crippen LogP contribution in [0, 0.1) is 11.3 Å². The molecule has 0 aromatic rings. The highest BCUT2D eigenvalue weighted by atomic mass is 16.2. The summed E-state index contributed by atoms with van der Waals surface area (Å²) in [5.74, 6) is 0.687. The monoisotopic (exact) mass is 266 g/mol. The molecule has 0 radical (unpaired) electrons. The maximum absolute atomic E-state index is 12.7. The molecule has 1 unspecified atom stereocenters. The van der Waals surface area contributed by atoms with Crippen LogP contribution in [0.2, 0.25) is 0 Å². The van der Waals surface area contributed by atoms with Gasteiger partial charge in [0.25, 0.3) is 0 Å². The van der Waals surface area contributed by atoms with Crippen LogP contribution in [0.25, 0.3) is 0 Å². The van der Waals surface area contributed by atoms with Crippen molar-refractivity contribution < 1.29 is 4.79 Å². The minimum atomic E-state index is 0.0650. The number of rotatable bonds is 1. The smallest absolute Gasteiger partial charge is 0.225 e. The Kier molecular flexibility index (Phi) is 4.88. The minimum absolute atomic E-state index is 0.0650. The third-order valence-electron chi connectivity index (χ3n) is 5.08. The summed E-state index contributed by atoms with van der Waals surface area (Å²) in [6, 6.07) is 0.230. The Hall–Kier alpha value is -0.570. The van der Waals surface area contributed by atoms with Gasteiger partial charge in [0.15, 0.2) is 0 Å². The van der Waals surface area contributed by atoms with E-state index < -0.39 is 0 Å². The number of hydrogen-bond acceptors (Lipinski definition) is 2. The zero-order valence-corrected chi connectivity index (χ0v) is 12.7. The van der Waals surface area contributed by atoms with Gasteiger partial charge in [-0.1, -0.05) is 46.0 Å². The maximum atomic E-state index is 12.7. The van der Waals surface area contributed by atoms with Crippen LogP contribution in [-0.4, -0.2) is 29.9 Å². The average Bonchev–Trinajstić information content (AvgIpc) is 2.31. The van der Waals surface area contributed by atoms with Crippen molar-refractivity contribution in [3.8, 4) is 0 Å². The Morgan fingerprint density at radius 3 is 2.21 bits per heavy atom. The van der Waals surface area contributed by atoms with Crippen LogP contribution in [-0.2, 0) is 4.79 Å². The quantitative estimate of drug-likeness (QED) is 0.793. The normalized spacial score (nSPS) is 29.6. The van der Waals surface area contributed by atoms with Gasteiger partial charge in [0, 0.05) is 25.0 Å². The molecule has 1 atom stereocenters. The fraction of sp³-hybridized carbons (Fsp3) is 0.938. The van der Waals surface area contributed by atoms with E-state index in [1.165, 1.54) is 32.1 Å². The minimum Gasteiger partial charge on any atom is -0.342 e. The van der Waals surface area contributed by atoms with Crippen LogP contribution < -0.4 is 5.73 Å². The second-order valence-electron chi connectivity index (χ2n) is 7.19. The molecule has 3 nitrogen and oxygen atoms in total. The summed E-state index contributed by atoms with van der Waals surface area (Å²) in [5, 5.41) is 0. The fourth-order valence-corrected chi connectivity index (χ4v) is 3.52. The Balaban J connectivity index is 1.94. The van der Waals surface area contributed by atoms with Crippen molar-refractivity contribution in [3.63, 3.8) is 0 Å². The SMILES string of the molecule is CC1(C)CN(C(=O)C2CCCCCCC2)CCC1N. The fourth-order valence-electron chi connectivity index (χ4n) is 3.52. The van der Waals surface area contributed by atoms with Crippen LogP contribution >= 0.6 is 0 Å². The predicted molar refractivity (Wildman–Crippen MR) is 78.8 cm³/mol. The van der Waals surface area contributed by atoms with Gasteiger partial charge in [0.1, 0.15) is 0 Å². The van der Waals surface area contributed by atoms with Crippen LogP contribution in [0.1, 0.15) is 65.2 Å². The van der Waals surface area contributed by atoms with Crippen LogP contribution in [0.15, 0.2) is 0 Å². The zero-order valence-electron chi connectivity index (χ0n) is 12.7. The maximum Gasteiger partial charge on any atom is 0.225 e. The lowest BCUT2D eigenvalue weighted by Crippen LogP contribution is -2.55. The molecule has 3 heteroatoms. The standard InChI is InChI=1S/C16H30N2O/c1-16(2)12-18(11-10-14(16)17)15(19)13-8-6-4-3-5-7-9-13/h13-14H,3-12,17H2,1-2H3. The van der Waals surface area contributed by atoms with Crippen molar-refractivity contribution in [1.29, 1.82) is 0 Å². The van der Waals surface area contributed by atoms with Crippen molar-refractivity contribution in [2.75, 3.05) is 13.1 Å². The summed E-state index contributed by atoms with van der Waals surface area (Å²) in [5.41, 5.74) is 6.23. The van der Waals surface area contributed by atoms with E-state index in [9.17, 15) is 4.79 Å². The number of likely N-dealkylation sites (tertiary alicyclic amines) is 1. The zero-order chi connectivity index (χ0) is 13.9. The molecule has 1 amide bonds. The van der Waals surface area contributed by atoms with Gasteiger partial charge in [-0.2, -0.15) is 0 Å². The second-order valence-corrected chi connectivity index (χ2v) is 7.19. The molecular formula is C16H30N2O. The summed E-state index contributed by atoms with van der Waals surface area (Å²) in [7, 11) is 0. The van der Waals surface area contributed by atoms with E-state index in [2.05, 4.69) is 18.7 Å². The van der Waals surface area contributed by atoms with Crippen LogP contribution in [0.3, 0.4) is 0 Å². The molecular weight excluding hydrogens is 236 g/mol. The van der Waals surface area contributed by atoms with Crippen molar-refractivity contribution in [2.45, 2.75) is 71.3 Å². The van der Waals surface area contributed by atoms with Gasteiger partial charge in [-0.25, -0.2) is 0 Å². The van der Waals surface area contributed by atoms with Crippen LogP contribution in [0.5, 0.6) is 0 Å². The molecule has 2 N–H and O–H groups in total. The molecule has 1 aliphatic heterocycles. The largest absolute Gasteiger partial charge is 0.342 e. The molecule has 0 bridgehead atoms. The Bertz CT molecular complexity index is 306. The molecule has 2 rings (SSSR count). The first-order valence-corrected chi connectivity index (χ1v) is 8.05. The lowest BCUT2D eigenvalue weighted by molar-refractivity contribution is -0.139. The van der Waals surface area contributed by atoms with E-state index in [4.69, 9.17) is 5.73 Å². The van der Waals surface area contributed by atoms with Crippen molar-refractivity contribution in [3.05, 3.63) is 0 Å². The number of piperidine rings is 1. The molecule has 2 aliphatic rings. The summed E-state index contributed by atoms with van der Waals surface area (Å²) in [6.07, 6.45) is 9.57. The van der Waals surface area contributed by atoms with Crippen molar-refractivity contribution in [2.24, 2.45) is 17.1 Å². The number of nitrogens with two attached hydrogens (primary N) is 1. The van der Waals surface area contributed by atoms with E-state index >= 15 is 0 Å². The summed E-state index contributed by atoms with van der Waals surface area (Å²) < 4.78 is 0. The summed E-state index contributed by atoms with van der Waals surface area (Å²) >= 11 is 0. The molecule has 110 valence electrons. The molecule has 1 aliphatic carbocycles. The number of carbonyl (C=O) groups excluding carboxylic acids is 1. The summed E-state index contributed by atoms with van der Waals surface area (Å²) in [4.78, 5) is 14.8. The third-order valence-corrected chi connectivity index (χ3v) is 5.08. The highest BCUT2D eigenvalue weighted by Crippen LogP contribution is 2.31. The molecule has 1 heterocycles. The van der Waals surface area contributed by atoms with Gasteiger partial charge in [-0.15, -0.1) is 0 Å². The Morgan fingerprint density at radius 1 is 1.05 bits per heavy atom. The van der Waals surface area contributed by atoms with E-state index in [1.54, 1.807) is 0 Å². The average molecular weight is 266 g/mol. The first-order chi connectivity index (χ1) is 9.00. The van der Waals surface area contributed by atoms with Gasteiger partial charge >= 0.3 is 0 Å². The first-order valence-electron chi connectivity index (χ1n) is 8.05. The van der Waals surface area contributed by atoms with E-state index in [-0.39, 0.29) is 17.4 Å². The van der Waals surface area contributed by atoms with Gasteiger partial charge in [0.2, 0.25) is 5.91 Å². The number of carbonyl (C=O) groups is 1. The predicted octanol–water partition coefficient (Wildman–Crippen LogP) is 2.93. The highest BCUT2D eigenvalue weighted by molar-refractivity contribution is 5.79.